The molecule has 3 N–H and O–H groups in total. The van der Waals surface area contributed by atoms with Gasteiger partial charge in [0.15, 0.2) is 5.82 Å². The molecule has 0 saturated carbocycles. The summed E-state index contributed by atoms with van der Waals surface area (Å²) in [4.78, 5) is 6.81. The van der Waals surface area contributed by atoms with Crippen molar-refractivity contribution in [1.82, 2.24) is 20.1 Å². The van der Waals surface area contributed by atoms with Crippen molar-refractivity contribution in [3.05, 3.63) is 41.6 Å². The number of aromatic nitrogens is 3. The maximum absolute atomic E-state index is 10.3. The second kappa shape index (κ2) is 8.49. The Balaban J connectivity index is 1.67. The van der Waals surface area contributed by atoms with Crippen molar-refractivity contribution in [1.29, 1.82) is 0 Å². The lowest BCUT2D eigenvalue weighted by molar-refractivity contribution is 0.110. The van der Waals surface area contributed by atoms with E-state index in [1.54, 1.807) is 18.3 Å². The van der Waals surface area contributed by atoms with Gasteiger partial charge in [0.2, 0.25) is 0 Å². The van der Waals surface area contributed by atoms with Gasteiger partial charge in [-0.2, -0.15) is 0 Å². The van der Waals surface area contributed by atoms with Gasteiger partial charge in [0.05, 0.1) is 6.61 Å². The van der Waals surface area contributed by atoms with Crippen LogP contribution in [0.15, 0.2) is 36.5 Å². The van der Waals surface area contributed by atoms with E-state index in [9.17, 15) is 10.2 Å². The molecule has 0 radical (unpaired) electrons. The van der Waals surface area contributed by atoms with Crippen LogP contribution >= 0.6 is 11.6 Å². The summed E-state index contributed by atoms with van der Waals surface area (Å²) < 4.78 is 0. The van der Waals surface area contributed by atoms with Gasteiger partial charge in [0, 0.05) is 40.8 Å². The van der Waals surface area contributed by atoms with Crippen molar-refractivity contribution in [3.63, 3.8) is 0 Å². The fourth-order valence-corrected chi connectivity index (χ4v) is 3.99. The highest BCUT2D eigenvalue weighted by molar-refractivity contribution is 6.30. The highest BCUT2D eigenvalue weighted by Gasteiger charge is 2.24. The van der Waals surface area contributed by atoms with Crippen molar-refractivity contribution in [2.75, 3.05) is 25.0 Å². The lowest BCUT2D eigenvalue weighted by atomic mass is 10.0. The predicted molar refractivity (Wildman–Crippen MR) is 114 cm³/mol. The Kier molecular flexibility index (Phi) is 5.80. The number of likely N-dealkylation sites (tertiary alicyclic amines) is 1. The van der Waals surface area contributed by atoms with Crippen molar-refractivity contribution in [2.45, 2.75) is 31.8 Å². The standard InChI is InChI=1S/C21H24ClN5O2/c1-13(12-28)27-9-3-4-15(11-27)24-21-20-17(5-2-8-23-20)19(25-26-21)16-7-6-14(22)10-18(16)29/h2,5-8,10,13,15,28-29H,3-4,9,11-12H2,1H3,(H,24,26). The Morgan fingerprint density at radius 2 is 2.17 bits per heavy atom. The van der Waals surface area contributed by atoms with Gasteiger partial charge in [-0.3, -0.25) is 9.88 Å². The first kappa shape index (κ1) is 19.8. The first-order chi connectivity index (χ1) is 14.1. The molecule has 0 bridgehead atoms. The van der Waals surface area contributed by atoms with Gasteiger partial charge in [-0.05, 0) is 56.6 Å². The minimum absolute atomic E-state index is 0.0542. The van der Waals surface area contributed by atoms with Crippen LogP contribution in [0.1, 0.15) is 19.8 Å². The molecule has 2 aromatic heterocycles. The number of phenols is 1. The van der Waals surface area contributed by atoms with E-state index in [0.29, 0.717) is 27.6 Å². The molecule has 3 aromatic rings. The molecule has 1 fully saturated rings. The number of aliphatic hydroxyl groups is 1. The summed E-state index contributed by atoms with van der Waals surface area (Å²) in [6.07, 6.45) is 3.80. The Morgan fingerprint density at radius 3 is 2.97 bits per heavy atom. The molecule has 8 heteroatoms. The van der Waals surface area contributed by atoms with Gasteiger partial charge in [-0.15, -0.1) is 10.2 Å². The number of aromatic hydroxyl groups is 1. The van der Waals surface area contributed by atoms with Crippen molar-refractivity contribution < 1.29 is 10.2 Å². The number of phenolic OH excluding ortho intramolecular Hbond substituents is 1. The smallest absolute Gasteiger partial charge is 0.175 e. The number of aliphatic hydroxyl groups excluding tert-OH is 1. The molecule has 1 aromatic carbocycles. The van der Waals surface area contributed by atoms with Gasteiger partial charge in [-0.1, -0.05) is 11.6 Å². The van der Waals surface area contributed by atoms with Crippen LogP contribution in [-0.2, 0) is 0 Å². The Bertz CT molecular complexity index is 1020. The van der Waals surface area contributed by atoms with E-state index in [1.807, 2.05) is 19.1 Å². The van der Waals surface area contributed by atoms with Crippen LogP contribution in [0.5, 0.6) is 5.75 Å². The Labute approximate surface area is 174 Å². The number of hydrogen-bond acceptors (Lipinski definition) is 7. The van der Waals surface area contributed by atoms with Crippen molar-refractivity contribution >= 4 is 28.3 Å². The Morgan fingerprint density at radius 1 is 1.31 bits per heavy atom. The number of nitrogens with zero attached hydrogens (tertiary/aromatic N) is 4. The van der Waals surface area contributed by atoms with Crippen LogP contribution in [0.3, 0.4) is 0 Å². The summed E-state index contributed by atoms with van der Waals surface area (Å²) in [5.74, 6) is 0.680. The maximum Gasteiger partial charge on any atom is 0.175 e. The number of rotatable bonds is 5. The number of benzene rings is 1. The van der Waals surface area contributed by atoms with E-state index in [2.05, 4.69) is 25.4 Å². The first-order valence-corrected chi connectivity index (χ1v) is 10.2. The van der Waals surface area contributed by atoms with Crippen LogP contribution in [0, 0.1) is 0 Å². The van der Waals surface area contributed by atoms with E-state index in [0.717, 1.165) is 31.3 Å². The molecule has 2 atom stereocenters. The summed E-state index contributed by atoms with van der Waals surface area (Å²) in [6.45, 7) is 4.00. The number of fused-ring (bicyclic) bond motifs is 1. The zero-order chi connectivity index (χ0) is 20.4. The molecular weight excluding hydrogens is 390 g/mol. The van der Waals surface area contributed by atoms with Crippen molar-refractivity contribution in [2.24, 2.45) is 0 Å². The number of hydrogen-bond donors (Lipinski definition) is 3. The fraction of sp³-hybridized carbons (Fsp3) is 0.381. The first-order valence-electron chi connectivity index (χ1n) is 9.78. The maximum atomic E-state index is 10.3. The molecule has 152 valence electrons. The van der Waals surface area contributed by atoms with Gasteiger partial charge in [0.1, 0.15) is 17.0 Å². The third-order valence-electron chi connectivity index (χ3n) is 5.43. The molecule has 0 spiro atoms. The normalized spacial score (nSPS) is 18.7. The largest absolute Gasteiger partial charge is 0.507 e. The van der Waals surface area contributed by atoms with Crippen LogP contribution in [0.2, 0.25) is 5.02 Å². The molecule has 1 saturated heterocycles. The number of nitrogens with one attached hydrogen (secondary N) is 1. The van der Waals surface area contributed by atoms with E-state index in [1.165, 1.54) is 6.07 Å². The summed E-state index contributed by atoms with van der Waals surface area (Å²) in [5.41, 5.74) is 1.83. The molecule has 0 amide bonds. The topological polar surface area (TPSA) is 94.4 Å². The van der Waals surface area contributed by atoms with Crippen LogP contribution in [-0.4, -0.2) is 62.1 Å². The second-order valence-corrected chi connectivity index (χ2v) is 7.90. The molecule has 0 aliphatic carbocycles. The zero-order valence-corrected chi connectivity index (χ0v) is 17.0. The number of anilines is 1. The molecule has 1 aliphatic heterocycles. The summed E-state index contributed by atoms with van der Waals surface area (Å²) in [5, 5.41) is 33.3. The monoisotopic (exact) mass is 413 g/mol. The summed E-state index contributed by atoms with van der Waals surface area (Å²) >= 11 is 5.96. The number of piperidine rings is 1. The van der Waals surface area contributed by atoms with Gasteiger partial charge in [-0.25, -0.2) is 0 Å². The average molecular weight is 414 g/mol. The summed E-state index contributed by atoms with van der Waals surface area (Å²) in [6, 6.07) is 9.04. The molecule has 3 heterocycles. The van der Waals surface area contributed by atoms with E-state index in [-0.39, 0.29) is 24.4 Å². The van der Waals surface area contributed by atoms with Gasteiger partial charge < -0.3 is 15.5 Å². The minimum Gasteiger partial charge on any atom is -0.507 e. The molecule has 7 nitrogen and oxygen atoms in total. The lowest BCUT2D eigenvalue weighted by Crippen LogP contribution is -2.47. The Hall–Kier alpha value is -2.48. The fourth-order valence-electron chi connectivity index (χ4n) is 3.82. The highest BCUT2D eigenvalue weighted by atomic mass is 35.5. The molecule has 2 unspecified atom stereocenters. The third kappa shape index (κ3) is 4.12. The van der Waals surface area contributed by atoms with E-state index >= 15 is 0 Å². The highest BCUT2D eigenvalue weighted by Crippen LogP contribution is 2.35. The van der Waals surface area contributed by atoms with E-state index in [4.69, 9.17) is 11.6 Å². The number of pyridine rings is 1. The SMILES string of the molecule is CC(CO)N1CCCC(Nc2nnc(-c3ccc(Cl)cc3O)c3cccnc23)C1. The second-order valence-electron chi connectivity index (χ2n) is 7.47. The molecule has 1 aliphatic rings. The molecule has 29 heavy (non-hydrogen) atoms. The minimum atomic E-state index is 0.0542. The molecule has 4 rings (SSSR count). The van der Waals surface area contributed by atoms with Crippen LogP contribution < -0.4 is 5.32 Å². The van der Waals surface area contributed by atoms with Crippen molar-refractivity contribution in [3.8, 4) is 17.0 Å². The number of halogens is 1. The van der Waals surface area contributed by atoms with Gasteiger partial charge in [0.25, 0.3) is 0 Å². The third-order valence-corrected chi connectivity index (χ3v) is 5.67. The quantitative estimate of drug-likeness (QED) is 0.590. The predicted octanol–water partition coefficient (Wildman–Crippen LogP) is 3.31. The van der Waals surface area contributed by atoms with Crippen LogP contribution in [0.25, 0.3) is 22.2 Å². The van der Waals surface area contributed by atoms with Crippen LogP contribution in [0.4, 0.5) is 5.82 Å². The summed E-state index contributed by atoms with van der Waals surface area (Å²) in [7, 11) is 0. The average Bonchev–Trinajstić information content (AvgIpc) is 2.74. The molecular formula is C21H24ClN5O2. The van der Waals surface area contributed by atoms with Gasteiger partial charge >= 0.3 is 0 Å². The zero-order valence-electron chi connectivity index (χ0n) is 16.2. The van der Waals surface area contributed by atoms with E-state index < -0.39 is 0 Å². The lowest BCUT2D eigenvalue weighted by Gasteiger charge is -2.36.